The first-order valence-corrected chi connectivity index (χ1v) is 9.77. The molecule has 0 N–H and O–H groups in total. The van der Waals surface area contributed by atoms with E-state index in [1.807, 2.05) is 29.2 Å². The second-order valence-corrected chi connectivity index (χ2v) is 7.47. The van der Waals surface area contributed by atoms with Gasteiger partial charge in [-0.05, 0) is 25.0 Å². The predicted molar refractivity (Wildman–Crippen MR) is 103 cm³/mol. The summed E-state index contributed by atoms with van der Waals surface area (Å²) in [5, 5.41) is 7.32. The second kappa shape index (κ2) is 7.48. The molecule has 4 rings (SSSR count). The molecular weight excluding hydrogens is 362 g/mol. The van der Waals surface area contributed by atoms with Gasteiger partial charge in [0.1, 0.15) is 12.1 Å². The number of aromatic nitrogens is 4. The number of aryl methyl sites for hydroxylation is 1. The zero-order valence-electron chi connectivity index (χ0n) is 15.3. The lowest BCUT2D eigenvalue weighted by atomic mass is 9.97. The molecule has 8 heteroatoms. The van der Waals surface area contributed by atoms with Gasteiger partial charge in [0.25, 0.3) is 5.91 Å². The summed E-state index contributed by atoms with van der Waals surface area (Å²) in [5.74, 6) is 1.38. The number of thiazole rings is 1. The monoisotopic (exact) mass is 383 g/mol. The first-order valence-electron chi connectivity index (χ1n) is 8.89. The van der Waals surface area contributed by atoms with E-state index in [1.54, 1.807) is 36.5 Å². The molecule has 3 heterocycles. The molecule has 0 saturated carbocycles. The number of hydrogen-bond donors (Lipinski definition) is 0. The first-order chi connectivity index (χ1) is 13.2. The standard InChI is InChI=1S/C19H21N5O2S/c1-23-12-20-17(22-23)19(25)24-9-7-13(8-10-24)18-21-15(11-27-18)14-5-3-4-6-16(14)26-2/h3-6,11-13H,7-10H2,1-2H3. The number of methoxy groups -OCH3 is 1. The molecule has 1 aromatic carbocycles. The molecule has 1 saturated heterocycles. The van der Waals surface area contributed by atoms with E-state index in [9.17, 15) is 4.79 Å². The molecule has 140 valence electrons. The molecule has 7 nitrogen and oxygen atoms in total. The summed E-state index contributed by atoms with van der Waals surface area (Å²) < 4.78 is 7.00. The summed E-state index contributed by atoms with van der Waals surface area (Å²) in [5.41, 5.74) is 1.96. The molecule has 1 aliphatic heterocycles. The van der Waals surface area contributed by atoms with Crippen LogP contribution in [0, 0.1) is 0 Å². The molecule has 0 bridgehead atoms. The Morgan fingerprint density at radius 3 is 2.74 bits per heavy atom. The van der Waals surface area contributed by atoms with Crippen LogP contribution < -0.4 is 4.74 Å². The lowest BCUT2D eigenvalue weighted by Crippen LogP contribution is -2.38. The summed E-state index contributed by atoms with van der Waals surface area (Å²) in [6, 6.07) is 7.92. The molecule has 0 radical (unpaired) electrons. The van der Waals surface area contributed by atoms with Crippen molar-refractivity contribution in [1.82, 2.24) is 24.6 Å². The minimum Gasteiger partial charge on any atom is -0.496 e. The SMILES string of the molecule is COc1ccccc1-c1csc(C2CCN(C(=O)c3ncn(C)n3)CC2)n1. The second-order valence-electron chi connectivity index (χ2n) is 6.58. The van der Waals surface area contributed by atoms with Crippen LogP contribution in [0.15, 0.2) is 36.0 Å². The Labute approximate surface area is 161 Å². The maximum absolute atomic E-state index is 12.5. The number of para-hydroxylation sites is 1. The number of carbonyl (C=O) groups excluding carboxylic acids is 1. The van der Waals surface area contributed by atoms with Crippen LogP contribution in [-0.4, -0.2) is 50.8 Å². The highest BCUT2D eigenvalue weighted by atomic mass is 32.1. The predicted octanol–water partition coefficient (Wildman–Crippen LogP) is 2.97. The number of ether oxygens (including phenoxy) is 1. The zero-order valence-corrected chi connectivity index (χ0v) is 16.1. The van der Waals surface area contributed by atoms with Gasteiger partial charge in [-0.15, -0.1) is 16.4 Å². The highest BCUT2D eigenvalue weighted by Crippen LogP contribution is 2.35. The van der Waals surface area contributed by atoms with E-state index in [-0.39, 0.29) is 11.7 Å². The Morgan fingerprint density at radius 1 is 1.26 bits per heavy atom. The summed E-state index contributed by atoms with van der Waals surface area (Å²) in [6.45, 7) is 1.40. The van der Waals surface area contributed by atoms with Crippen molar-refractivity contribution in [3.8, 4) is 17.0 Å². The number of carbonyl (C=O) groups is 1. The van der Waals surface area contributed by atoms with Crippen LogP contribution in [-0.2, 0) is 7.05 Å². The lowest BCUT2D eigenvalue weighted by Gasteiger charge is -2.30. The molecule has 0 spiro atoms. The highest BCUT2D eigenvalue weighted by Gasteiger charge is 2.28. The normalized spacial score (nSPS) is 15.1. The number of nitrogens with zero attached hydrogens (tertiary/aromatic N) is 5. The van der Waals surface area contributed by atoms with Crippen LogP contribution in [0.4, 0.5) is 0 Å². The molecule has 0 unspecified atom stereocenters. The van der Waals surface area contributed by atoms with Crippen molar-refractivity contribution in [2.75, 3.05) is 20.2 Å². The van der Waals surface area contributed by atoms with E-state index in [1.165, 1.54) is 0 Å². The Bertz CT molecular complexity index is 943. The molecule has 0 aliphatic carbocycles. The molecule has 27 heavy (non-hydrogen) atoms. The smallest absolute Gasteiger partial charge is 0.293 e. The van der Waals surface area contributed by atoms with Crippen molar-refractivity contribution in [3.63, 3.8) is 0 Å². The van der Waals surface area contributed by atoms with Gasteiger partial charge in [0.2, 0.25) is 5.82 Å². The van der Waals surface area contributed by atoms with Crippen molar-refractivity contribution in [1.29, 1.82) is 0 Å². The minimum atomic E-state index is -0.0945. The number of piperidine rings is 1. The van der Waals surface area contributed by atoms with Crippen LogP contribution >= 0.6 is 11.3 Å². The van der Waals surface area contributed by atoms with E-state index >= 15 is 0 Å². The van der Waals surface area contributed by atoms with Gasteiger partial charge in [-0.3, -0.25) is 9.48 Å². The van der Waals surface area contributed by atoms with Crippen LogP contribution in [0.5, 0.6) is 5.75 Å². The fraction of sp³-hybridized carbons (Fsp3) is 0.368. The minimum absolute atomic E-state index is 0.0945. The van der Waals surface area contributed by atoms with Gasteiger partial charge in [0.05, 0.1) is 17.8 Å². The summed E-state index contributed by atoms with van der Waals surface area (Å²) in [6.07, 6.45) is 3.35. The van der Waals surface area contributed by atoms with Crippen LogP contribution in [0.3, 0.4) is 0 Å². The number of rotatable bonds is 4. The quantitative estimate of drug-likeness (QED) is 0.693. The summed E-state index contributed by atoms with van der Waals surface area (Å²) in [7, 11) is 3.44. The molecule has 3 aromatic rings. The van der Waals surface area contributed by atoms with Crippen molar-refractivity contribution in [2.24, 2.45) is 7.05 Å². The Hall–Kier alpha value is -2.74. The van der Waals surface area contributed by atoms with E-state index in [4.69, 9.17) is 9.72 Å². The molecule has 1 aliphatic rings. The lowest BCUT2D eigenvalue weighted by molar-refractivity contribution is 0.0700. The van der Waals surface area contributed by atoms with Gasteiger partial charge in [0, 0.05) is 37.0 Å². The van der Waals surface area contributed by atoms with E-state index in [0.29, 0.717) is 19.0 Å². The van der Waals surface area contributed by atoms with Crippen LogP contribution in [0.2, 0.25) is 0 Å². The third kappa shape index (κ3) is 3.57. The van der Waals surface area contributed by atoms with E-state index < -0.39 is 0 Å². The summed E-state index contributed by atoms with van der Waals surface area (Å²) in [4.78, 5) is 23.2. The van der Waals surface area contributed by atoms with Gasteiger partial charge in [-0.25, -0.2) is 9.97 Å². The van der Waals surface area contributed by atoms with Gasteiger partial charge in [0.15, 0.2) is 0 Å². The zero-order chi connectivity index (χ0) is 18.8. The number of amides is 1. The number of benzene rings is 1. The van der Waals surface area contributed by atoms with Crippen molar-refractivity contribution in [2.45, 2.75) is 18.8 Å². The molecule has 1 fully saturated rings. The van der Waals surface area contributed by atoms with Gasteiger partial charge >= 0.3 is 0 Å². The summed E-state index contributed by atoms with van der Waals surface area (Å²) >= 11 is 1.68. The van der Waals surface area contributed by atoms with Crippen molar-refractivity contribution >= 4 is 17.2 Å². The largest absolute Gasteiger partial charge is 0.496 e. The van der Waals surface area contributed by atoms with Gasteiger partial charge in [-0.2, -0.15) is 0 Å². The third-order valence-electron chi connectivity index (χ3n) is 4.83. The van der Waals surface area contributed by atoms with Crippen molar-refractivity contribution < 1.29 is 9.53 Å². The van der Waals surface area contributed by atoms with Gasteiger partial charge in [-0.1, -0.05) is 12.1 Å². The number of hydrogen-bond acceptors (Lipinski definition) is 6. The Morgan fingerprint density at radius 2 is 2.04 bits per heavy atom. The molecular formula is C19H21N5O2S. The maximum atomic E-state index is 12.5. The third-order valence-corrected chi connectivity index (χ3v) is 5.83. The average molecular weight is 383 g/mol. The molecule has 1 amide bonds. The topological polar surface area (TPSA) is 73.1 Å². The van der Waals surface area contributed by atoms with E-state index in [0.717, 1.165) is 34.9 Å². The fourth-order valence-corrected chi connectivity index (χ4v) is 4.35. The van der Waals surface area contributed by atoms with Crippen LogP contribution in [0.1, 0.15) is 34.4 Å². The highest BCUT2D eigenvalue weighted by molar-refractivity contribution is 7.10. The first kappa shape index (κ1) is 17.7. The average Bonchev–Trinajstić information content (AvgIpc) is 3.37. The Balaban J connectivity index is 1.43. The maximum Gasteiger partial charge on any atom is 0.293 e. The van der Waals surface area contributed by atoms with Crippen molar-refractivity contribution in [3.05, 3.63) is 46.8 Å². The van der Waals surface area contributed by atoms with E-state index in [2.05, 4.69) is 15.5 Å². The molecule has 2 aromatic heterocycles. The number of likely N-dealkylation sites (tertiary alicyclic amines) is 1. The fourth-order valence-electron chi connectivity index (χ4n) is 3.36. The van der Waals surface area contributed by atoms with Gasteiger partial charge < -0.3 is 9.64 Å². The molecule has 0 atom stereocenters. The van der Waals surface area contributed by atoms with Crippen LogP contribution in [0.25, 0.3) is 11.3 Å². The Kier molecular flexibility index (Phi) is 4.89.